The number of aryl methyl sites for hydroxylation is 1. The first-order valence-electron chi connectivity index (χ1n) is 8.94. The van der Waals surface area contributed by atoms with E-state index in [-0.39, 0.29) is 0 Å². The lowest BCUT2D eigenvalue weighted by atomic mass is 10.2. The number of anilines is 1. The molecule has 1 saturated heterocycles. The van der Waals surface area contributed by atoms with Crippen LogP contribution in [0.25, 0.3) is 0 Å². The van der Waals surface area contributed by atoms with Crippen molar-refractivity contribution in [2.45, 2.75) is 19.8 Å². The third kappa shape index (κ3) is 5.51. The summed E-state index contributed by atoms with van der Waals surface area (Å²) < 4.78 is 0. The van der Waals surface area contributed by atoms with Gasteiger partial charge in [0, 0.05) is 44.3 Å². The molecule has 1 aliphatic heterocycles. The Balaban J connectivity index is 1.47. The molecule has 0 aliphatic carbocycles. The highest BCUT2D eigenvalue weighted by molar-refractivity contribution is 7.80. The van der Waals surface area contributed by atoms with E-state index in [0.29, 0.717) is 0 Å². The summed E-state index contributed by atoms with van der Waals surface area (Å²) in [7, 11) is 0. The van der Waals surface area contributed by atoms with Crippen LogP contribution in [0, 0.1) is 6.92 Å². The van der Waals surface area contributed by atoms with Gasteiger partial charge in [0.05, 0.1) is 0 Å². The number of nitrogens with zero attached hydrogens (tertiary/aromatic N) is 3. The maximum absolute atomic E-state index is 5.62. The first kappa shape index (κ1) is 17.8. The Hall–Kier alpha value is -1.98. The Kier molecular flexibility index (Phi) is 6.36. The minimum absolute atomic E-state index is 0.833. The summed E-state index contributed by atoms with van der Waals surface area (Å²) in [5.74, 6) is 0. The number of aromatic nitrogens is 1. The Bertz CT molecular complexity index is 672. The monoisotopic (exact) mass is 354 g/mol. The molecule has 0 bridgehead atoms. The highest BCUT2D eigenvalue weighted by Crippen LogP contribution is 2.12. The summed E-state index contributed by atoms with van der Waals surface area (Å²) in [4.78, 5) is 8.91. The van der Waals surface area contributed by atoms with E-state index >= 15 is 0 Å². The predicted octanol–water partition coefficient (Wildman–Crippen LogP) is 3.34. The van der Waals surface area contributed by atoms with E-state index in [1.54, 1.807) is 0 Å². The molecule has 0 atom stereocenters. The van der Waals surface area contributed by atoms with Crippen LogP contribution in [0.3, 0.4) is 0 Å². The number of rotatable bonds is 4. The fourth-order valence-corrected chi connectivity index (χ4v) is 3.37. The average molecular weight is 355 g/mol. The molecule has 1 aromatic carbocycles. The van der Waals surface area contributed by atoms with Gasteiger partial charge in [0.25, 0.3) is 0 Å². The van der Waals surface area contributed by atoms with E-state index in [1.807, 2.05) is 12.4 Å². The van der Waals surface area contributed by atoms with E-state index in [1.165, 1.54) is 11.1 Å². The number of hydrogen-bond donors (Lipinski definition) is 1. The summed E-state index contributed by atoms with van der Waals surface area (Å²) in [5, 5.41) is 4.20. The Morgan fingerprint density at radius 2 is 1.80 bits per heavy atom. The van der Waals surface area contributed by atoms with E-state index < -0.39 is 0 Å². The second kappa shape index (κ2) is 8.92. The molecule has 4 nitrogen and oxygen atoms in total. The molecule has 1 N–H and O–H groups in total. The van der Waals surface area contributed by atoms with Gasteiger partial charge in [-0.2, -0.15) is 0 Å². The zero-order valence-corrected chi connectivity index (χ0v) is 15.6. The predicted molar refractivity (Wildman–Crippen MR) is 108 cm³/mol. The summed E-state index contributed by atoms with van der Waals surface area (Å²) >= 11 is 5.62. The molecular formula is C20H26N4S. The molecule has 2 aromatic rings. The van der Waals surface area contributed by atoms with Crippen LogP contribution < -0.4 is 5.32 Å². The van der Waals surface area contributed by atoms with Crippen molar-refractivity contribution in [3.8, 4) is 0 Å². The van der Waals surface area contributed by atoms with Crippen molar-refractivity contribution >= 4 is 23.0 Å². The molecule has 1 aliphatic rings. The van der Waals surface area contributed by atoms with Gasteiger partial charge in [-0.05, 0) is 68.4 Å². The zero-order chi connectivity index (χ0) is 17.5. The van der Waals surface area contributed by atoms with Gasteiger partial charge in [-0.3, -0.25) is 4.98 Å². The van der Waals surface area contributed by atoms with Crippen LogP contribution in [0.4, 0.5) is 5.69 Å². The molecule has 0 unspecified atom stereocenters. The van der Waals surface area contributed by atoms with Gasteiger partial charge in [-0.15, -0.1) is 0 Å². The molecule has 1 fully saturated rings. The van der Waals surface area contributed by atoms with Crippen molar-refractivity contribution in [1.82, 2.24) is 14.8 Å². The molecule has 5 heteroatoms. The lowest BCUT2D eigenvalue weighted by molar-refractivity contribution is 0.289. The van der Waals surface area contributed by atoms with Crippen LogP contribution in [0.5, 0.6) is 0 Å². The van der Waals surface area contributed by atoms with Gasteiger partial charge < -0.3 is 15.1 Å². The van der Waals surface area contributed by atoms with Crippen LogP contribution in [-0.2, 0) is 6.42 Å². The first-order chi connectivity index (χ1) is 12.2. The molecule has 132 valence electrons. The highest BCUT2D eigenvalue weighted by Gasteiger charge is 2.16. The smallest absolute Gasteiger partial charge is 0.173 e. The van der Waals surface area contributed by atoms with Gasteiger partial charge in [-0.25, -0.2) is 0 Å². The summed E-state index contributed by atoms with van der Waals surface area (Å²) in [6.45, 7) is 7.38. The van der Waals surface area contributed by atoms with Gasteiger partial charge in [0.15, 0.2) is 5.11 Å². The Labute approximate surface area is 155 Å². The number of pyridine rings is 1. The van der Waals surface area contributed by atoms with Crippen molar-refractivity contribution in [3.05, 3.63) is 59.9 Å². The second-order valence-corrected chi connectivity index (χ2v) is 6.97. The number of thiocarbonyl (C=S) groups is 1. The maximum atomic E-state index is 5.62. The third-order valence-corrected chi connectivity index (χ3v) is 5.00. The van der Waals surface area contributed by atoms with Crippen molar-refractivity contribution in [3.63, 3.8) is 0 Å². The second-order valence-electron chi connectivity index (χ2n) is 6.58. The summed E-state index contributed by atoms with van der Waals surface area (Å²) in [6.07, 6.45) is 5.96. The van der Waals surface area contributed by atoms with Crippen molar-refractivity contribution in [1.29, 1.82) is 0 Å². The normalized spacial score (nSPS) is 15.6. The molecule has 25 heavy (non-hydrogen) atoms. The fourth-order valence-electron chi connectivity index (χ4n) is 3.07. The van der Waals surface area contributed by atoms with Crippen LogP contribution in [0.15, 0.2) is 48.8 Å². The molecule has 1 aromatic heterocycles. The largest absolute Gasteiger partial charge is 0.348 e. The van der Waals surface area contributed by atoms with Crippen LogP contribution in [0.1, 0.15) is 17.5 Å². The minimum Gasteiger partial charge on any atom is -0.348 e. The first-order valence-corrected chi connectivity index (χ1v) is 9.35. The van der Waals surface area contributed by atoms with Crippen molar-refractivity contribution < 1.29 is 0 Å². The van der Waals surface area contributed by atoms with Gasteiger partial charge in [-0.1, -0.05) is 17.7 Å². The van der Waals surface area contributed by atoms with Crippen molar-refractivity contribution in [2.75, 3.05) is 38.0 Å². The lowest BCUT2D eigenvalue weighted by Crippen LogP contribution is -2.38. The quantitative estimate of drug-likeness (QED) is 0.851. The SMILES string of the molecule is Cc1ccc(NC(=S)N2CCCN(CCc3ccncc3)CC2)cc1. The fraction of sp³-hybridized carbons (Fsp3) is 0.400. The molecule has 2 heterocycles. The number of hydrogen-bond acceptors (Lipinski definition) is 3. The Morgan fingerprint density at radius 3 is 2.56 bits per heavy atom. The standard InChI is InChI=1S/C20H26N4S/c1-17-3-5-19(6-4-17)22-20(25)24-13-2-12-23(15-16-24)14-9-18-7-10-21-11-8-18/h3-8,10-11H,2,9,12-16H2,1H3,(H,22,25). The van der Waals surface area contributed by atoms with Gasteiger partial charge in [0.1, 0.15) is 0 Å². The third-order valence-electron chi connectivity index (χ3n) is 4.64. The molecule has 0 amide bonds. The average Bonchev–Trinajstić information content (AvgIpc) is 2.88. The van der Waals surface area contributed by atoms with E-state index in [4.69, 9.17) is 12.2 Å². The van der Waals surface area contributed by atoms with E-state index in [9.17, 15) is 0 Å². The number of nitrogens with one attached hydrogen (secondary N) is 1. The van der Waals surface area contributed by atoms with E-state index in [2.05, 4.69) is 63.4 Å². The summed E-state index contributed by atoms with van der Waals surface area (Å²) in [5.41, 5.74) is 3.68. The van der Waals surface area contributed by atoms with Gasteiger partial charge >= 0.3 is 0 Å². The molecule has 0 spiro atoms. The lowest BCUT2D eigenvalue weighted by Gasteiger charge is -2.24. The molecule has 3 rings (SSSR count). The molecular weight excluding hydrogens is 328 g/mol. The molecule has 0 radical (unpaired) electrons. The van der Waals surface area contributed by atoms with Crippen molar-refractivity contribution in [2.24, 2.45) is 0 Å². The Morgan fingerprint density at radius 1 is 1.04 bits per heavy atom. The summed E-state index contributed by atoms with van der Waals surface area (Å²) in [6, 6.07) is 12.6. The van der Waals surface area contributed by atoms with Crippen LogP contribution in [0.2, 0.25) is 0 Å². The number of benzene rings is 1. The highest BCUT2D eigenvalue weighted by atomic mass is 32.1. The maximum Gasteiger partial charge on any atom is 0.173 e. The van der Waals surface area contributed by atoms with E-state index in [0.717, 1.165) is 56.4 Å². The zero-order valence-electron chi connectivity index (χ0n) is 14.8. The van der Waals surface area contributed by atoms with Crippen LogP contribution in [-0.4, -0.2) is 52.6 Å². The van der Waals surface area contributed by atoms with Crippen LogP contribution >= 0.6 is 12.2 Å². The topological polar surface area (TPSA) is 31.4 Å². The van der Waals surface area contributed by atoms with Gasteiger partial charge in [0.2, 0.25) is 0 Å². The molecule has 0 saturated carbocycles. The minimum atomic E-state index is 0.833.